The monoisotopic (exact) mass is 602 g/mol. The van der Waals surface area contributed by atoms with Crippen molar-refractivity contribution in [3.63, 3.8) is 0 Å². The van der Waals surface area contributed by atoms with Crippen LogP contribution in [0, 0.1) is 0 Å². The molecule has 4 aromatic rings. The molecule has 0 saturated carbocycles. The van der Waals surface area contributed by atoms with Gasteiger partial charge in [0.25, 0.3) is 5.91 Å². The number of hydrogen-bond acceptors (Lipinski definition) is 7. The molecule has 9 nitrogen and oxygen atoms in total. The van der Waals surface area contributed by atoms with E-state index in [4.69, 9.17) is 4.74 Å². The van der Waals surface area contributed by atoms with Crippen LogP contribution in [0.1, 0.15) is 68.0 Å². The van der Waals surface area contributed by atoms with E-state index in [1.54, 1.807) is 22.7 Å². The number of unbranched alkanes of at least 4 members (excludes halogenated alkanes) is 5. The lowest BCUT2D eigenvalue weighted by atomic mass is 10.1. The molecule has 1 amide bonds. The van der Waals surface area contributed by atoms with Gasteiger partial charge in [-0.2, -0.15) is 0 Å². The van der Waals surface area contributed by atoms with Crippen molar-refractivity contribution >= 4 is 23.6 Å². The molecule has 3 N–H and O–H groups in total. The van der Waals surface area contributed by atoms with E-state index < -0.39 is 12.0 Å². The number of aromatic amines is 1. The first-order chi connectivity index (χ1) is 21.1. The molecular weight excluding hydrogens is 560 g/mol. The summed E-state index contributed by atoms with van der Waals surface area (Å²) in [6, 6.07) is 18.4. The summed E-state index contributed by atoms with van der Waals surface area (Å²) in [6.45, 7) is 2.45. The minimum absolute atomic E-state index is 0.0550. The lowest BCUT2D eigenvalue weighted by molar-refractivity contribution is -0.148. The van der Waals surface area contributed by atoms with Gasteiger partial charge < -0.3 is 14.3 Å². The first kappa shape index (κ1) is 32.0. The highest BCUT2D eigenvalue weighted by Crippen LogP contribution is 2.18. The zero-order chi connectivity index (χ0) is 30.1. The molecular formula is C33H42N6O3S. The maximum atomic E-state index is 12.9. The van der Waals surface area contributed by atoms with Gasteiger partial charge >= 0.3 is 5.97 Å². The van der Waals surface area contributed by atoms with Crippen molar-refractivity contribution in [2.75, 3.05) is 5.75 Å². The van der Waals surface area contributed by atoms with E-state index in [1.807, 2.05) is 73.1 Å². The maximum Gasteiger partial charge on any atom is 0.325 e. The van der Waals surface area contributed by atoms with Crippen molar-refractivity contribution in [2.45, 2.75) is 82.6 Å². The smallest absolute Gasteiger partial charge is 0.325 e. The number of amides is 1. The van der Waals surface area contributed by atoms with Crippen molar-refractivity contribution in [2.24, 2.45) is 0 Å². The van der Waals surface area contributed by atoms with Gasteiger partial charge in [-0.25, -0.2) is 15.4 Å². The molecule has 0 aliphatic rings. The van der Waals surface area contributed by atoms with E-state index in [-0.39, 0.29) is 19.1 Å². The number of carbonyl (C=O) groups is 2. The van der Waals surface area contributed by atoms with Crippen molar-refractivity contribution in [1.82, 2.24) is 30.4 Å². The zero-order valence-electron chi connectivity index (χ0n) is 24.8. The van der Waals surface area contributed by atoms with E-state index in [0.29, 0.717) is 12.8 Å². The van der Waals surface area contributed by atoms with E-state index in [1.165, 1.54) is 38.5 Å². The third-order valence-electron chi connectivity index (χ3n) is 6.90. The highest BCUT2D eigenvalue weighted by molar-refractivity contribution is 7.99. The van der Waals surface area contributed by atoms with E-state index >= 15 is 0 Å². The number of ether oxygens (including phenoxy) is 1. The average molecular weight is 603 g/mol. The molecule has 228 valence electrons. The maximum absolute atomic E-state index is 12.9. The molecule has 0 unspecified atom stereocenters. The van der Waals surface area contributed by atoms with Crippen LogP contribution < -0.4 is 10.9 Å². The number of carbonyl (C=O) groups excluding carboxylic acids is 2. The summed E-state index contributed by atoms with van der Waals surface area (Å²) in [4.78, 5) is 38.0. The number of thioether (sulfide) groups is 1. The number of hydrazine groups is 1. The quantitative estimate of drug-likeness (QED) is 0.0552. The average Bonchev–Trinajstić information content (AvgIpc) is 3.67. The minimum atomic E-state index is -0.748. The Labute approximate surface area is 258 Å². The van der Waals surface area contributed by atoms with Crippen LogP contribution in [0.25, 0.3) is 0 Å². The van der Waals surface area contributed by atoms with Crippen molar-refractivity contribution in [3.05, 3.63) is 102 Å². The number of rotatable bonds is 19. The lowest BCUT2D eigenvalue weighted by Gasteiger charge is -2.18. The Morgan fingerprint density at radius 2 is 1.67 bits per heavy atom. The second kappa shape index (κ2) is 17.9. The summed E-state index contributed by atoms with van der Waals surface area (Å²) in [6.07, 6.45) is 14.0. The molecule has 4 rings (SSSR count). The van der Waals surface area contributed by atoms with Crippen molar-refractivity contribution in [1.29, 1.82) is 0 Å². The molecule has 0 aliphatic heterocycles. The number of aromatic nitrogens is 4. The highest BCUT2D eigenvalue weighted by Gasteiger charge is 2.21. The molecule has 0 fully saturated rings. The molecule has 2 heterocycles. The Morgan fingerprint density at radius 1 is 0.953 bits per heavy atom. The predicted octanol–water partition coefficient (Wildman–Crippen LogP) is 5.63. The fourth-order valence-corrected chi connectivity index (χ4v) is 5.45. The Hall–Kier alpha value is -3.89. The fraction of sp³-hybridized carbons (Fsp3) is 0.394. The number of nitrogens with zero attached hydrogens (tertiary/aromatic N) is 3. The van der Waals surface area contributed by atoms with Crippen LogP contribution >= 0.6 is 11.8 Å². The summed E-state index contributed by atoms with van der Waals surface area (Å²) in [7, 11) is 0. The number of H-pyrrole nitrogens is 1. The fourth-order valence-electron chi connectivity index (χ4n) is 4.58. The van der Waals surface area contributed by atoms with Gasteiger partial charge in [-0.15, -0.1) is 0 Å². The standard InChI is InChI=1S/C33H42N6O3S/c1-2-3-4-5-6-13-18-43-33-34-21-28(36-33)20-29-22-39(25-35-29)23-31(40)38-37-30(19-26-14-9-7-10-15-26)32(41)42-24-27-16-11-8-12-17-27/h7-12,14-17,21-22,25,30,37H,2-6,13,18-20,23-24H2,1H3,(H,34,36)(H,38,40)/t30-/m0/s1. The van der Waals surface area contributed by atoms with E-state index in [2.05, 4.69) is 32.7 Å². The van der Waals surface area contributed by atoms with Crippen molar-refractivity contribution < 1.29 is 14.3 Å². The molecule has 10 heteroatoms. The normalized spacial score (nSPS) is 11.7. The number of imidazole rings is 2. The Morgan fingerprint density at radius 3 is 2.44 bits per heavy atom. The van der Waals surface area contributed by atoms with Gasteiger partial charge in [0.2, 0.25) is 0 Å². The van der Waals surface area contributed by atoms with Crippen LogP contribution in [0.2, 0.25) is 0 Å². The second-order valence-corrected chi connectivity index (χ2v) is 11.7. The zero-order valence-corrected chi connectivity index (χ0v) is 25.7. The van der Waals surface area contributed by atoms with Crippen molar-refractivity contribution in [3.8, 4) is 0 Å². The topological polar surface area (TPSA) is 114 Å². The molecule has 1 atom stereocenters. The molecule has 43 heavy (non-hydrogen) atoms. The third-order valence-corrected chi connectivity index (χ3v) is 7.88. The first-order valence-electron chi connectivity index (χ1n) is 15.0. The summed E-state index contributed by atoms with van der Waals surface area (Å²) in [5.74, 6) is 0.322. The first-order valence-corrected chi connectivity index (χ1v) is 16.0. The number of hydrogen-bond donors (Lipinski definition) is 3. The lowest BCUT2D eigenvalue weighted by Crippen LogP contribution is -2.50. The third kappa shape index (κ3) is 11.7. The summed E-state index contributed by atoms with van der Waals surface area (Å²) in [5.41, 5.74) is 9.23. The Bertz CT molecular complexity index is 1380. The number of esters is 1. The van der Waals surface area contributed by atoms with Crippen LogP contribution in [0.3, 0.4) is 0 Å². The van der Waals surface area contributed by atoms with E-state index in [0.717, 1.165) is 33.4 Å². The molecule has 0 spiro atoms. The Kier molecular flexibility index (Phi) is 13.4. The molecule has 0 bridgehead atoms. The predicted molar refractivity (Wildman–Crippen MR) is 169 cm³/mol. The van der Waals surface area contributed by atoms with Gasteiger partial charge in [-0.05, 0) is 17.5 Å². The minimum Gasteiger partial charge on any atom is -0.460 e. The van der Waals surface area contributed by atoms with Gasteiger partial charge in [0.1, 0.15) is 19.2 Å². The number of nitrogens with one attached hydrogen (secondary N) is 3. The molecule has 0 radical (unpaired) electrons. The van der Waals surface area contributed by atoms with Gasteiger partial charge in [0.15, 0.2) is 5.16 Å². The molecule has 2 aromatic heterocycles. The Balaban J connectivity index is 1.22. The number of benzene rings is 2. The van der Waals surface area contributed by atoms with Gasteiger partial charge in [-0.1, -0.05) is 111 Å². The molecule has 0 saturated heterocycles. The summed E-state index contributed by atoms with van der Waals surface area (Å²) >= 11 is 1.76. The van der Waals surface area contributed by atoms with Gasteiger partial charge in [0.05, 0.1) is 12.0 Å². The largest absolute Gasteiger partial charge is 0.460 e. The van der Waals surface area contributed by atoms with Gasteiger partial charge in [-0.3, -0.25) is 15.0 Å². The molecule has 0 aliphatic carbocycles. The van der Waals surface area contributed by atoms with Crippen LogP contribution in [0.5, 0.6) is 0 Å². The van der Waals surface area contributed by atoms with Gasteiger partial charge in [0, 0.05) is 36.7 Å². The van der Waals surface area contributed by atoms with Crippen LogP contribution in [0.4, 0.5) is 0 Å². The summed E-state index contributed by atoms with van der Waals surface area (Å²) < 4.78 is 7.26. The van der Waals surface area contributed by atoms with Crippen LogP contribution in [-0.4, -0.2) is 43.2 Å². The van der Waals surface area contributed by atoms with Crippen LogP contribution in [-0.2, 0) is 40.3 Å². The highest BCUT2D eigenvalue weighted by atomic mass is 32.2. The van der Waals surface area contributed by atoms with E-state index in [9.17, 15) is 9.59 Å². The molecule has 2 aromatic carbocycles. The SMILES string of the molecule is CCCCCCCCSc1ncc(Cc2cn(CC(=O)NN[C@@H](Cc3ccccc3)C(=O)OCc3ccccc3)cn2)[nH]1. The second-order valence-electron chi connectivity index (χ2n) is 10.6. The summed E-state index contributed by atoms with van der Waals surface area (Å²) in [5, 5.41) is 0.931. The van der Waals surface area contributed by atoms with Crippen LogP contribution in [0.15, 0.2) is 84.5 Å².